The van der Waals surface area contributed by atoms with Crippen molar-refractivity contribution in [2.45, 2.75) is 24.4 Å². The Labute approximate surface area is 192 Å². The highest BCUT2D eigenvalue weighted by Gasteiger charge is 2.20. The monoisotopic (exact) mass is 488 g/mol. The van der Waals surface area contributed by atoms with Crippen molar-refractivity contribution in [3.05, 3.63) is 69.4 Å². The summed E-state index contributed by atoms with van der Waals surface area (Å²) in [5, 5.41) is 9.51. The molecule has 1 atom stereocenters. The van der Waals surface area contributed by atoms with Gasteiger partial charge in [-0.15, -0.1) is 22.7 Å². The number of primary sulfonamides is 1. The first-order valence-electron chi connectivity index (χ1n) is 9.55. The molecular formula is C21H20N4O4S3. The molecule has 0 fully saturated rings. The van der Waals surface area contributed by atoms with E-state index in [0.29, 0.717) is 10.2 Å². The van der Waals surface area contributed by atoms with Crippen LogP contribution in [0.2, 0.25) is 0 Å². The normalized spacial score (nSPS) is 12.7. The van der Waals surface area contributed by atoms with E-state index in [1.807, 2.05) is 29.8 Å². The molecule has 0 radical (unpaired) electrons. The zero-order chi connectivity index (χ0) is 23.0. The fourth-order valence-electron chi connectivity index (χ4n) is 3.33. The van der Waals surface area contributed by atoms with Crippen LogP contribution in [0.3, 0.4) is 0 Å². The number of fused-ring (bicyclic) bond motifs is 1. The lowest BCUT2D eigenvalue weighted by Gasteiger charge is -2.25. The van der Waals surface area contributed by atoms with Crippen LogP contribution in [-0.4, -0.2) is 35.8 Å². The Balaban J connectivity index is 1.57. The fraction of sp³-hybridized carbons (Fsp3) is 0.190. The maximum atomic E-state index is 13.1. The number of aromatic nitrogens is 2. The van der Waals surface area contributed by atoms with Crippen LogP contribution in [-0.2, 0) is 21.4 Å². The zero-order valence-corrected chi connectivity index (χ0v) is 19.7. The van der Waals surface area contributed by atoms with Crippen molar-refractivity contribution < 1.29 is 13.2 Å². The first kappa shape index (κ1) is 22.3. The molecule has 3 aromatic heterocycles. The molecular weight excluding hydrogens is 468 g/mol. The van der Waals surface area contributed by atoms with Gasteiger partial charge in [-0.25, -0.2) is 18.5 Å². The Hall–Kier alpha value is -2.86. The van der Waals surface area contributed by atoms with E-state index in [1.165, 1.54) is 39.3 Å². The number of hydrogen-bond donors (Lipinski definition) is 1. The van der Waals surface area contributed by atoms with Gasteiger partial charge in [0.2, 0.25) is 15.9 Å². The predicted octanol–water partition coefficient (Wildman–Crippen LogP) is 3.05. The van der Waals surface area contributed by atoms with E-state index >= 15 is 0 Å². The van der Waals surface area contributed by atoms with E-state index in [2.05, 4.69) is 4.98 Å². The molecule has 0 bridgehead atoms. The summed E-state index contributed by atoms with van der Waals surface area (Å²) in [7, 11) is -2.15. The van der Waals surface area contributed by atoms with Gasteiger partial charge < -0.3 is 4.90 Å². The Kier molecular flexibility index (Phi) is 5.99. The van der Waals surface area contributed by atoms with Crippen molar-refractivity contribution in [1.82, 2.24) is 14.5 Å². The summed E-state index contributed by atoms with van der Waals surface area (Å²) in [6, 6.07) is 9.58. The van der Waals surface area contributed by atoms with Crippen LogP contribution in [0.25, 0.3) is 20.7 Å². The van der Waals surface area contributed by atoms with Crippen LogP contribution in [0.1, 0.15) is 18.5 Å². The van der Waals surface area contributed by atoms with Gasteiger partial charge in [0.25, 0.3) is 5.56 Å². The van der Waals surface area contributed by atoms with E-state index in [1.54, 1.807) is 30.5 Å². The maximum Gasteiger partial charge on any atom is 0.263 e. The summed E-state index contributed by atoms with van der Waals surface area (Å²) in [5.74, 6) is -0.274. The van der Waals surface area contributed by atoms with Gasteiger partial charge in [-0.3, -0.25) is 14.2 Å². The van der Waals surface area contributed by atoms with E-state index in [4.69, 9.17) is 5.14 Å². The second-order valence-electron chi connectivity index (χ2n) is 7.28. The molecule has 1 unspecified atom stereocenters. The minimum absolute atomic E-state index is 0.00525. The van der Waals surface area contributed by atoms with Crippen molar-refractivity contribution in [2.24, 2.45) is 5.14 Å². The van der Waals surface area contributed by atoms with Gasteiger partial charge >= 0.3 is 0 Å². The second kappa shape index (κ2) is 8.58. The second-order valence-corrected chi connectivity index (χ2v) is 10.6. The first-order chi connectivity index (χ1) is 15.2. The number of hydrogen-bond acceptors (Lipinski definition) is 7. The average molecular weight is 489 g/mol. The largest absolute Gasteiger partial charge is 0.337 e. The minimum atomic E-state index is -3.78. The van der Waals surface area contributed by atoms with E-state index < -0.39 is 10.0 Å². The number of nitrogens with zero attached hydrogens (tertiary/aromatic N) is 3. The third kappa shape index (κ3) is 4.24. The Morgan fingerprint density at radius 2 is 1.94 bits per heavy atom. The summed E-state index contributed by atoms with van der Waals surface area (Å²) in [4.78, 5) is 33.6. The van der Waals surface area contributed by atoms with Crippen LogP contribution in [0.4, 0.5) is 0 Å². The number of carbonyl (C=O) groups is 1. The number of likely N-dealkylation sites (N-methyl/N-ethyl adjacent to an activating group) is 1. The van der Waals surface area contributed by atoms with Crippen molar-refractivity contribution in [1.29, 1.82) is 0 Å². The molecule has 8 nitrogen and oxygen atoms in total. The van der Waals surface area contributed by atoms with Crippen molar-refractivity contribution in [3.63, 3.8) is 0 Å². The zero-order valence-electron chi connectivity index (χ0n) is 17.3. The van der Waals surface area contributed by atoms with Gasteiger partial charge in [0, 0.05) is 22.9 Å². The lowest BCUT2D eigenvalue weighted by atomic mass is 10.1. The SMILES string of the molecule is CC(c1ccc(S(N)(=O)=O)cc1)N(C)C(=O)Cn1cnc2scc(-c3cccs3)c2c1=O. The number of nitrogens with two attached hydrogens (primary N) is 1. The molecule has 32 heavy (non-hydrogen) atoms. The molecule has 166 valence electrons. The van der Waals surface area contributed by atoms with Crippen molar-refractivity contribution in [2.75, 3.05) is 7.05 Å². The Morgan fingerprint density at radius 3 is 2.56 bits per heavy atom. The van der Waals surface area contributed by atoms with Gasteiger partial charge in [0.1, 0.15) is 11.4 Å². The van der Waals surface area contributed by atoms with Gasteiger partial charge in [-0.2, -0.15) is 0 Å². The van der Waals surface area contributed by atoms with Gasteiger partial charge in [-0.1, -0.05) is 18.2 Å². The van der Waals surface area contributed by atoms with Gasteiger partial charge in [-0.05, 0) is 36.1 Å². The molecule has 11 heteroatoms. The molecule has 1 aromatic carbocycles. The summed E-state index contributed by atoms with van der Waals surface area (Å²) >= 11 is 2.94. The quantitative estimate of drug-likeness (QED) is 0.448. The first-order valence-corrected chi connectivity index (χ1v) is 12.9. The van der Waals surface area contributed by atoms with Gasteiger partial charge in [0.05, 0.1) is 22.7 Å². The highest BCUT2D eigenvalue weighted by atomic mass is 32.2. The third-order valence-electron chi connectivity index (χ3n) is 5.32. The highest BCUT2D eigenvalue weighted by Crippen LogP contribution is 2.33. The fourth-order valence-corrected chi connectivity index (χ4v) is 5.56. The van der Waals surface area contributed by atoms with Gasteiger partial charge in [0.15, 0.2) is 0 Å². The van der Waals surface area contributed by atoms with E-state index in [9.17, 15) is 18.0 Å². The molecule has 3 heterocycles. The number of carbonyl (C=O) groups excluding carboxylic acids is 1. The summed E-state index contributed by atoms with van der Waals surface area (Å²) in [6.07, 6.45) is 1.40. The Morgan fingerprint density at radius 1 is 1.22 bits per heavy atom. The van der Waals surface area contributed by atoms with Crippen molar-refractivity contribution >= 4 is 48.8 Å². The predicted molar refractivity (Wildman–Crippen MR) is 126 cm³/mol. The standard InChI is InChI=1S/C21H20N4O4S3/c1-13(14-5-7-15(8-6-14)32(22,28)29)24(2)18(26)10-25-12-23-20-19(21(25)27)16(11-31-20)17-4-3-9-30-17/h3-9,11-13H,10H2,1-2H3,(H2,22,28,29). The molecule has 4 rings (SSSR count). The van der Waals surface area contributed by atoms with Crippen LogP contribution >= 0.6 is 22.7 Å². The topological polar surface area (TPSA) is 115 Å². The van der Waals surface area contributed by atoms with Crippen LogP contribution in [0, 0.1) is 0 Å². The number of sulfonamides is 1. The number of thiophene rings is 2. The summed E-state index contributed by atoms with van der Waals surface area (Å²) in [6.45, 7) is 1.67. The third-order valence-corrected chi connectivity index (χ3v) is 8.04. The molecule has 0 spiro atoms. The van der Waals surface area contributed by atoms with E-state index in [0.717, 1.165) is 16.0 Å². The summed E-state index contributed by atoms with van der Waals surface area (Å²) < 4.78 is 24.2. The maximum absolute atomic E-state index is 13.1. The number of benzene rings is 1. The smallest absolute Gasteiger partial charge is 0.263 e. The molecule has 4 aromatic rings. The Bertz CT molecular complexity index is 1440. The minimum Gasteiger partial charge on any atom is -0.337 e. The van der Waals surface area contributed by atoms with E-state index in [-0.39, 0.29) is 28.9 Å². The molecule has 0 aliphatic heterocycles. The van der Waals surface area contributed by atoms with Crippen LogP contribution in [0.15, 0.2) is 63.2 Å². The van der Waals surface area contributed by atoms with Crippen LogP contribution in [0.5, 0.6) is 0 Å². The molecule has 0 aliphatic rings. The number of amides is 1. The molecule has 0 saturated carbocycles. The molecule has 0 saturated heterocycles. The van der Waals surface area contributed by atoms with Crippen LogP contribution < -0.4 is 10.7 Å². The lowest BCUT2D eigenvalue weighted by molar-refractivity contribution is -0.132. The summed E-state index contributed by atoms with van der Waals surface area (Å²) in [5.41, 5.74) is 1.31. The number of rotatable bonds is 6. The molecule has 1 amide bonds. The average Bonchev–Trinajstić information content (AvgIpc) is 3.44. The van der Waals surface area contributed by atoms with Crippen molar-refractivity contribution in [3.8, 4) is 10.4 Å². The lowest BCUT2D eigenvalue weighted by Crippen LogP contribution is -2.35. The molecule has 0 aliphatic carbocycles. The highest BCUT2D eigenvalue weighted by molar-refractivity contribution is 7.89. The molecule has 2 N–H and O–H groups in total.